The number of carboxylic acid groups (broad SMARTS) is 1. The topological polar surface area (TPSA) is 68.0 Å². The molecule has 20 heavy (non-hydrogen) atoms. The highest BCUT2D eigenvalue weighted by Gasteiger charge is 2.10. The van der Waals surface area contributed by atoms with Crippen LogP contribution in [0, 0.1) is 12.7 Å². The lowest BCUT2D eigenvalue weighted by atomic mass is 10.1. The van der Waals surface area contributed by atoms with Crippen molar-refractivity contribution in [3.63, 3.8) is 0 Å². The molecule has 6 heteroatoms. The Morgan fingerprint density at radius 3 is 2.90 bits per heavy atom. The van der Waals surface area contributed by atoms with Crippen LogP contribution in [0.5, 0.6) is 0 Å². The number of aliphatic carboxylic acids is 1. The second kappa shape index (κ2) is 6.27. The molecular weight excluding hydrogens is 261 g/mol. The molecule has 1 heterocycles. The number of carboxylic acids is 1. The van der Waals surface area contributed by atoms with Gasteiger partial charge in [0.25, 0.3) is 0 Å². The molecule has 5 nitrogen and oxygen atoms in total. The summed E-state index contributed by atoms with van der Waals surface area (Å²) < 4.78 is 15.2. The van der Waals surface area contributed by atoms with E-state index in [4.69, 9.17) is 5.11 Å². The van der Waals surface area contributed by atoms with E-state index in [2.05, 4.69) is 10.3 Å². The van der Waals surface area contributed by atoms with E-state index in [9.17, 15) is 9.18 Å². The summed E-state index contributed by atoms with van der Waals surface area (Å²) in [5.74, 6) is -1.14. The average molecular weight is 277 g/mol. The third kappa shape index (κ3) is 3.40. The first-order valence-electron chi connectivity index (χ1n) is 6.46. The Morgan fingerprint density at radius 1 is 1.40 bits per heavy atom. The maximum Gasteiger partial charge on any atom is 0.303 e. The number of nitrogens with zero attached hydrogens (tertiary/aromatic N) is 3. The molecule has 0 aliphatic carbocycles. The molecule has 2 aromatic rings. The summed E-state index contributed by atoms with van der Waals surface area (Å²) in [6, 6.07) is 4.85. The predicted molar refractivity (Wildman–Crippen MR) is 71.2 cm³/mol. The van der Waals surface area contributed by atoms with E-state index < -0.39 is 5.97 Å². The van der Waals surface area contributed by atoms with Crippen LogP contribution >= 0.6 is 0 Å². The van der Waals surface area contributed by atoms with E-state index in [1.165, 1.54) is 10.7 Å². The molecule has 0 aliphatic rings. The van der Waals surface area contributed by atoms with Gasteiger partial charge in [0.05, 0.1) is 11.9 Å². The molecule has 0 unspecified atom stereocenters. The molecule has 1 aromatic carbocycles. The van der Waals surface area contributed by atoms with Crippen LogP contribution in [0.3, 0.4) is 0 Å². The minimum atomic E-state index is -0.796. The van der Waals surface area contributed by atoms with Gasteiger partial charge >= 0.3 is 5.97 Å². The minimum absolute atomic E-state index is 0.153. The molecule has 0 spiro atoms. The number of para-hydroxylation sites is 1. The van der Waals surface area contributed by atoms with Gasteiger partial charge in [0.1, 0.15) is 11.5 Å². The number of hydrogen-bond donors (Lipinski definition) is 1. The normalized spacial score (nSPS) is 10.7. The highest BCUT2D eigenvalue weighted by Crippen LogP contribution is 2.17. The van der Waals surface area contributed by atoms with Gasteiger partial charge in [0, 0.05) is 6.42 Å². The van der Waals surface area contributed by atoms with Crippen molar-refractivity contribution in [2.24, 2.45) is 0 Å². The van der Waals surface area contributed by atoms with Crippen molar-refractivity contribution in [1.82, 2.24) is 15.0 Å². The molecule has 1 N–H and O–H groups in total. The molecule has 0 aliphatic heterocycles. The van der Waals surface area contributed by atoms with Crippen molar-refractivity contribution in [2.45, 2.75) is 32.6 Å². The van der Waals surface area contributed by atoms with E-state index in [0.29, 0.717) is 18.5 Å². The van der Waals surface area contributed by atoms with Gasteiger partial charge < -0.3 is 5.11 Å². The highest BCUT2D eigenvalue weighted by atomic mass is 19.1. The second-order valence-electron chi connectivity index (χ2n) is 4.66. The first-order chi connectivity index (χ1) is 9.58. The summed E-state index contributed by atoms with van der Waals surface area (Å²) in [5, 5.41) is 16.5. The molecule has 0 fully saturated rings. The molecule has 0 saturated carbocycles. The average Bonchev–Trinajstić information content (AvgIpc) is 2.83. The molecular formula is C14H16FN3O2. The third-order valence-corrected chi connectivity index (χ3v) is 3.03. The van der Waals surface area contributed by atoms with Crippen LogP contribution in [0.4, 0.5) is 4.39 Å². The van der Waals surface area contributed by atoms with Crippen molar-refractivity contribution in [2.75, 3.05) is 0 Å². The number of aryl methyl sites for hydroxylation is 2. The van der Waals surface area contributed by atoms with Crippen molar-refractivity contribution < 1.29 is 14.3 Å². The molecule has 0 radical (unpaired) electrons. The molecule has 0 bridgehead atoms. The SMILES string of the molecule is Cc1cccc(F)c1-n1cc(CCCCC(=O)O)nn1. The van der Waals surface area contributed by atoms with E-state index >= 15 is 0 Å². The lowest BCUT2D eigenvalue weighted by Gasteiger charge is -2.05. The van der Waals surface area contributed by atoms with Crippen LogP contribution < -0.4 is 0 Å². The summed E-state index contributed by atoms with van der Waals surface area (Å²) in [6.45, 7) is 1.81. The van der Waals surface area contributed by atoms with E-state index in [1.54, 1.807) is 12.3 Å². The van der Waals surface area contributed by atoms with E-state index in [1.807, 2.05) is 13.0 Å². The molecule has 0 atom stereocenters. The third-order valence-electron chi connectivity index (χ3n) is 3.03. The van der Waals surface area contributed by atoms with Gasteiger partial charge in [-0.2, -0.15) is 0 Å². The van der Waals surface area contributed by atoms with Crippen LogP contribution in [0.25, 0.3) is 5.69 Å². The van der Waals surface area contributed by atoms with Gasteiger partial charge in [-0.05, 0) is 37.8 Å². The molecule has 106 valence electrons. The largest absolute Gasteiger partial charge is 0.481 e. The Bertz CT molecular complexity index is 590. The Morgan fingerprint density at radius 2 is 2.20 bits per heavy atom. The Balaban J connectivity index is 2.04. The highest BCUT2D eigenvalue weighted by molar-refractivity contribution is 5.66. The first-order valence-corrected chi connectivity index (χ1v) is 6.46. The zero-order chi connectivity index (χ0) is 14.5. The van der Waals surface area contributed by atoms with Crippen molar-refractivity contribution in [3.8, 4) is 5.69 Å². The number of carbonyl (C=O) groups is 1. The van der Waals surface area contributed by atoms with Crippen molar-refractivity contribution in [1.29, 1.82) is 0 Å². The van der Waals surface area contributed by atoms with Gasteiger partial charge in [0.15, 0.2) is 0 Å². The van der Waals surface area contributed by atoms with Crippen molar-refractivity contribution >= 4 is 5.97 Å². The Kier molecular flexibility index (Phi) is 4.45. The number of hydrogen-bond acceptors (Lipinski definition) is 3. The Labute approximate surface area is 116 Å². The summed E-state index contributed by atoms with van der Waals surface area (Å²) in [7, 11) is 0. The molecule has 1 aromatic heterocycles. The summed E-state index contributed by atoms with van der Waals surface area (Å²) in [5.41, 5.74) is 1.92. The lowest BCUT2D eigenvalue weighted by molar-refractivity contribution is -0.137. The number of aromatic nitrogens is 3. The van der Waals surface area contributed by atoms with Crippen LogP contribution in [-0.2, 0) is 11.2 Å². The Hall–Kier alpha value is -2.24. The summed E-state index contributed by atoms with van der Waals surface area (Å²) in [4.78, 5) is 10.4. The van der Waals surface area contributed by atoms with Crippen LogP contribution in [0.1, 0.15) is 30.5 Å². The van der Waals surface area contributed by atoms with Crippen LogP contribution in [0.2, 0.25) is 0 Å². The molecule has 0 amide bonds. The maximum absolute atomic E-state index is 13.8. The standard InChI is InChI=1S/C14H16FN3O2/c1-10-5-4-7-12(15)14(10)18-9-11(16-17-18)6-2-3-8-13(19)20/h4-5,7,9H,2-3,6,8H2,1H3,(H,19,20). The van der Waals surface area contributed by atoms with Crippen LogP contribution in [0.15, 0.2) is 24.4 Å². The number of unbranched alkanes of at least 4 members (excludes halogenated alkanes) is 1. The fourth-order valence-corrected chi connectivity index (χ4v) is 2.02. The smallest absolute Gasteiger partial charge is 0.303 e. The zero-order valence-electron chi connectivity index (χ0n) is 11.2. The fraction of sp³-hybridized carbons (Fsp3) is 0.357. The van der Waals surface area contributed by atoms with E-state index in [-0.39, 0.29) is 12.2 Å². The number of rotatable bonds is 6. The molecule has 2 rings (SSSR count). The van der Waals surface area contributed by atoms with E-state index in [0.717, 1.165) is 17.7 Å². The maximum atomic E-state index is 13.8. The van der Waals surface area contributed by atoms with Crippen molar-refractivity contribution in [3.05, 3.63) is 41.5 Å². The molecule has 0 saturated heterocycles. The monoisotopic (exact) mass is 277 g/mol. The van der Waals surface area contributed by atoms with Gasteiger partial charge in [-0.1, -0.05) is 17.3 Å². The quantitative estimate of drug-likeness (QED) is 0.824. The predicted octanol–water partition coefficient (Wildman–Crippen LogP) is 2.51. The summed E-state index contributed by atoms with van der Waals surface area (Å²) in [6.07, 6.45) is 3.80. The van der Waals surface area contributed by atoms with Gasteiger partial charge in [-0.25, -0.2) is 9.07 Å². The van der Waals surface area contributed by atoms with Crippen LogP contribution in [-0.4, -0.2) is 26.1 Å². The number of halogens is 1. The van der Waals surface area contributed by atoms with Gasteiger partial charge in [-0.15, -0.1) is 5.10 Å². The lowest BCUT2D eigenvalue weighted by Crippen LogP contribution is -2.01. The second-order valence-corrected chi connectivity index (χ2v) is 4.66. The number of benzene rings is 1. The van der Waals surface area contributed by atoms with Gasteiger partial charge in [0.2, 0.25) is 0 Å². The summed E-state index contributed by atoms with van der Waals surface area (Å²) >= 11 is 0. The van der Waals surface area contributed by atoms with Gasteiger partial charge in [-0.3, -0.25) is 4.79 Å². The fourth-order valence-electron chi connectivity index (χ4n) is 2.02. The zero-order valence-corrected chi connectivity index (χ0v) is 11.2. The minimum Gasteiger partial charge on any atom is -0.481 e. The first kappa shape index (κ1) is 14.2.